The number of hydrogen-bond donors (Lipinski definition) is 2. The van der Waals surface area contributed by atoms with Crippen LogP contribution in [0.3, 0.4) is 0 Å². The maximum Gasteiger partial charge on any atom is 0.289 e. The predicted molar refractivity (Wildman–Crippen MR) is 90.4 cm³/mol. The van der Waals surface area contributed by atoms with Gasteiger partial charge in [-0.2, -0.15) is 0 Å². The second-order valence-electron chi connectivity index (χ2n) is 5.68. The highest BCUT2D eigenvalue weighted by atomic mass is 35.5. The van der Waals surface area contributed by atoms with Crippen molar-refractivity contribution in [3.8, 4) is 0 Å². The van der Waals surface area contributed by atoms with E-state index in [9.17, 15) is 13.9 Å². The highest BCUT2D eigenvalue weighted by molar-refractivity contribution is 5.86. The number of alkyl halides is 2. The van der Waals surface area contributed by atoms with E-state index < -0.39 is 18.6 Å². The Hall–Kier alpha value is -1.27. The highest BCUT2D eigenvalue weighted by Gasteiger charge is 2.44. The first-order valence-electron chi connectivity index (χ1n) is 7.54. The van der Waals surface area contributed by atoms with Crippen LogP contribution in [-0.4, -0.2) is 48.7 Å². The van der Waals surface area contributed by atoms with E-state index in [0.717, 1.165) is 10.8 Å². The zero-order valence-electron chi connectivity index (χ0n) is 12.7. The molecule has 1 atom stereocenters. The van der Waals surface area contributed by atoms with Gasteiger partial charge in [0.25, 0.3) is 5.92 Å². The lowest BCUT2D eigenvalue weighted by Crippen LogP contribution is -2.51. The van der Waals surface area contributed by atoms with Gasteiger partial charge in [0.05, 0.1) is 0 Å². The lowest BCUT2D eigenvalue weighted by atomic mass is 9.93. The fourth-order valence-corrected chi connectivity index (χ4v) is 3.21. The summed E-state index contributed by atoms with van der Waals surface area (Å²) in [7, 11) is 0. The van der Waals surface area contributed by atoms with Crippen LogP contribution >= 0.6 is 12.4 Å². The number of hydrogen-bond acceptors (Lipinski definition) is 3. The van der Waals surface area contributed by atoms with Gasteiger partial charge < -0.3 is 10.4 Å². The third-order valence-corrected chi connectivity index (χ3v) is 4.25. The Labute approximate surface area is 140 Å². The van der Waals surface area contributed by atoms with E-state index in [0.29, 0.717) is 31.7 Å². The first-order valence-corrected chi connectivity index (χ1v) is 7.54. The van der Waals surface area contributed by atoms with Crippen molar-refractivity contribution < 1.29 is 13.9 Å². The molecule has 23 heavy (non-hydrogen) atoms. The minimum atomic E-state index is -3.18. The number of nitrogens with one attached hydrogen (secondary N) is 1. The maximum absolute atomic E-state index is 14.5. The molecule has 3 rings (SSSR count). The number of rotatable bonds is 4. The number of aliphatic hydroxyl groups excluding tert-OH is 1. The van der Waals surface area contributed by atoms with E-state index in [1.807, 2.05) is 30.3 Å². The monoisotopic (exact) mass is 342 g/mol. The second-order valence-corrected chi connectivity index (χ2v) is 5.68. The van der Waals surface area contributed by atoms with Crippen molar-refractivity contribution in [2.75, 3.05) is 32.8 Å². The minimum absolute atomic E-state index is 0. The van der Waals surface area contributed by atoms with Crippen LogP contribution in [0.5, 0.6) is 0 Å². The topological polar surface area (TPSA) is 35.5 Å². The first kappa shape index (κ1) is 18.1. The van der Waals surface area contributed by atoms with E-state index in [1.165, 1.54) is 0 Å². The Bertz CT molecular complexity index is 642. The van der Waals surface area contributed by atoms with Crippen molar-refractivity contribution >= 4 is 23.2 Å². The number of aliphatic hydroxyl groups is 1. The average molecular weight is 343 g/mol. The van der Waals surface area contributed by atoms with Gasteiger partial charge in [0.1, 0.15) is 12.6 Å². The molecule has 1 fully saturated rings. The predicted octanol–water partition coefficient (Wildman–Crippen LogP) is 2.84. The summed E-state index contributed by atoms with van der Waals surface area (Å²) < 4.78 is 29.0. The summed E-state index contributed by atoms with van der Waals surface area (Å²) in [6, 6.07) is 11.9. The van der Waals surface area contributed by atoms with Gasteiger partial charge in [-0.1, -0.05) is 42.5 Å². The van der Waals surface area contributed by atoms with Crippen LogP contribution in [0.4, 0.5) is 8.78 Å². The Morgan fingerprint density at radius 1 is 1.09 bits per heavy atom. The summed E-state index contributed by atoms with van der Waals surface area (Å²) in [5, 5.41) is 14.2. The van der Waals surface area contributed by atoms with Crippen LogP contribution in [0.2, 0.25) is 0 Å². The molecule has 1 heterocycles. The standard InChI is InChI=1S/C17H20F2N2O.ClH/c18-17(19,12-22)16(21-10-8-20-9-11-21)15-7-3-5-13-4-1-2-6-14(13)15;/h1-7,16,20,22H,8-12H2;1H/t16-;/m0./s1. The van der Waals surface area contributed by atoms with Crippen molar-refractivity contribution in [3.63, 3.8) is 0 Å². The summed E-state index contributed by atoms with van der Waals surface area (Å²) in [4.78, 5) is 1.77. The largest absolute Gasteiger partial charge is 0.390 e. The molecular weight excluding hydrogens is 322 g/mol. The summed E-state index contributed by atoms with van der Waals surface area (Å²) in [5.74, 6) is -3.18. The van der Waals surface area contributed by atoms with Gasteiger partial charge in [-0.3, -0.25) is 4.90 Å². The molecule has 3 nitrogen and oxygen atoms in total. The van der Waals surface area contributed by atoms with Gasteiger partial charge in [-0.05, 0) is 16.3 Å². The lowest BCUT2D eigenvalue weighted by Gasteiger charge is -2.39. The van der Waals surface area contributed by atoms with Gasteiger partial charge >= 0.3 is 0 Å². The average Bonchev–Trinajstić information content (AvgIpc) is 2.56. The molecule has 0 unspecified atom stereocenters. The molecule has 0 spiro atoms. The van der Waals surface area contributed by atoms with Crippen molar-refractivity contribution in [2.45, 2.75) is 12.0 Å². The van der Waals surface area contributed by atoms with Gasteiger partial charge in [-0.25, -0.2) is 8.78 Å². The SMILES string of the molecule is Cl.OCC(F)(F)[C@H](c1cccc2ccccc12)N1CCNCC1. The van der Waals surface area contributed by atoms with Crippen LogP contribution in [0.1, 0.15) is 11.6 Å². The third-order valence-electron chi connectivity index (χ3n) is 4.25. The first-order chi connectivity index (χ1) is 10.6. The summed E-state index contributed by atoms with van der Waals surface area (Å²) in [5.41, 5.74) is 0.582. The van der Waals surface area contributed by atoms with Gasteiger partial charge in [0, 0.05) is 26.2 Å². The molecule has 0 bridgehead atoms. The van der Waals surface area contributed by atoms with Crippen molar-refractivity contribution in [2.24, 2.45) is 0 Å². The van der Waals surface area contributed by atoms with Crippen molar-refractivity contribution in [3.05, 3.63) is 48.0 Å². The molecule has 2 aromatic carbocycles. The second kappa shape index (κ2) is 7.53. The van der Waals surface area contributed by atoms with E-state index in [4.69, 9.17) is 0 Å². The van der Waals surface area contributed by atoms with Crippen LogP contribution in [-0.2, 0) is 0 Å². The summed E-state index contributed by atoms with van der Waals surface area (Å²) in [6.45, 7) is 1.31. The lowest BCUT2D eigenvalue weighted by molar-refractivity contribution is -0.118. The Morgan fingerprint density at radius 3 is 2.43 bits per heavy atom. The fraction of sp³-hybridized carbons (Fsp3) is 0.412. The van der Waals surface area contributed by atoms with E-state index >= 15 is 0 Å². The molecule has 0 aliphatic carbocycles. The summed E-state index contributed by atoms with van der Waals surface area (Å²) in [6.07, 6.45) is 0. The normalized spacial score (nSPS) is 17.7. The number of nitrogens with zero attached hydrogens (tertiary/aromatic N) is 1. The van der Waals surface area contributed by atoms with Crippen molar-refractivity contribution in [1.82, 2.24) is 10.2 Å². The molecule has 0 aromatic heterocycles. The van der Waals surface area contributed by atoms with E-state index in [2.05, 4.69) is 5.32 Å². The molecule has 0 radical (unpaired) electrons. The van der Waals surface area contributed by atoms with E-state index in [1.54, 1.807) is 17.0 Å². The Balaban J connectivity index is 0.00000192. The van der Waals surface area contributed by atoms with Crippen LogP contribution < -0.4 is 5.32 Å². The zero-order valence-corrected chi connectivity index (χ0v) is 13.5. The van der Waals surface area contributed by atoms with Crippen LogP contribution in [0.15, 0.2) is 42.5 Å². The Kier molecular flexibility index (Phi) is 5.92. The number of piperazine rings is 1. The quantitative estimate of drug-likeness (QED) is 0.897. The molecule has 1 aliphatic heterocycles. The molecule has 0 amide bonds. The minimum Gasteiger partial charge on any atom is -0.390 e. The number of benzene rings is 2. The molecule has 2 N–H and O–H groups in total. The molecule has 2 aromatic rings. The molecular formula is C17H21ClF2N2O. The van der Waals surface area contributed by atoms with Gasteiger partial charge in [-0.15, -0.1) is 12.4 Å². The molecule has 1 aliphatic rings. The third kappa shape index (κ3) is 3.63. The Morgan fingerprint density at radius 2 is 1.74 bits per heavy atom. The maximum atomic E-state index is 14.5. The molecule has 6 heteroatoms. The van der Waals surface area contributed by atoms with Crippen molar-refractivity contribution in [1.29, 1.82) is 0 Å². The van der Waals surface area contributed by atoms with Gasteiger partial charge in [0.15, 0.2) is 0 Å². The molecule has 0 saturated carbocycles. The van der Waals surface area contributed by atoms with E-state index in [-0.39, 0.29) is 12.4 Å². The summed E-state index contributed by atoms with van der Waals surface area (Å²) >= 11 is 0. The zero-order chi connectivity index (χ0) is 15.6. The molecule has 126 valence electrons. The van der Waals surface area contributed by atoms with Gasteiger partial charge in [0.2, 0.25) is 0 Å². The smallest absolute Gasteiger partial charge is 0.289 e. The van der Waals surface area contributed by atoms with Crippen LogP contribution in [0, 0.1) is 0 Å². The highest BCUT2D eigenvalue weighted by Crippen LogP contribution is 2.39. The van der Waals surface area contributed by atoms with Crippen LogP contribution in [0.25, 0.3) is 10.8 Å². The number of halogens is 3. The number of fused-ring (bicyclic) bond motifs is 1. The fourth-order valence-electron chi connectivity index (χ4n) is 3.21. The molecule has 1 saturated heterocycles.